The number of alkyl halides is 1. The molecule has 0 aliphatic rings. The Kier molecular flexibility index (Phi) is 5.97. The van der Waals surface area contributed by atoms with Crippen molar-refractivity contribution in [2.45, 2.75) is 19.3 Å². The smallest absolute Gasteiger partial charge is 0.255 e. The number of nitrogens with one attached hydrogen (secondary N) is 1. The van der Waals surface area contributed by atoms with Crippen molar-refractivity contribution in [1.29, 1.82) is 0 Å². The molecule has 0 heterocycles. The van der Waals surface area contributed by atoms with E-state index in [1.54, 1.807) is 0 Å². The van der Waals surface area contributed by atoms with E-state index >= 15 is 0 Å². The van der Waals surface area contributed by atoms with Crippen molar-refractivity contribution in [3.8, 4) is 5.75 Å². The summed E-state index contributed by atoms with van der Waals surface area (Å²) in [5.74, 6) is -1.18. The molecule has 3 nitrogen and oxygen atoms in total. The number of unbranched alkanes of at least 4 members (excludes halogenated alkanes) is 2. The number of phenols is 1. The highest BCUT2D eigenvalue weighted by atomic mass is 79.9. The van der Waals surface area contributed by atoms with E-state index in [2.05, 4.69) is 21.2 Å². The van der Waals surface area contributed by atoms with Crippen LogP contribution in [-0.4, -0.2) is 22.9 Å². The first-order valence-corrected chi connectivity index (χ1v) is 6.60. The molecule has 0 fully saturated rings. The first-order chi connectivity index (χ1) is 8.15. The zero-order valence-electron chi connectivity index (χ0n) is 9.38. The number of amides is 1. The molecule has 0 aliphatic heterocycles. The fraction of sp³-hybridized carbons (Fsp3) is 0.417. The van der Waals surface area contributed by atoms with Crippen LogP contribution in [0.15, 0.2) is 18.2 Å². The van der Waals surface area contributed by atoms with Crippen molar-refractivity contribution in [3.05, 3.63) is 29.6 Å². The minimum Gasteiger partial charge on any atom is -0.507 e. The van der Waals surface area contributed by atoms with Crippen LogP contribution in [0.5, 0.6) is 5.75 Å². The van der Waals surface area contributed by atoms with Crippen LogP contribution in [-0.2, 0) is 0 Å². The Morgan fingerprint density at radius 2 is 2.12 bits per heavy atom. The van der Waals surface area contributed by atoms with Gasteiger partial charge in [-0.1, -0.05) is 22.4 Å². The van der Waals surface area contributed by atoms with Gasteiger partial charge in [-0.25, -0.2) is 4.39 Å². The SMILES string of the molecule is O=C(NCCCCCBr)c1cc(F)ccc1O. The van der Waals surface area contributed by atoms with Crippen molar-refractivity contribution in [1.82, 2.24) is 5.32 Å². The highest BCUT2D eigenvalue weighted by Gasteiger charge is 2.11. The van der Waals surface area contributed by atoms with E-state index in [1.807, 2.05) is 0 Å². The Hall–Kier alpha value is -1.10. The van der Waals surface area contributed by atoms with Gasteiger partial charge in [0.25, 0.3) is 5.91 Å². The van der Waals surface area contributed by atoms with Crippen molar-refractivity contribution < 1.29 is 14.3 Å². The summed E-state index contributed by atoms with van der Waals surface area (Å²) >= 11 is 3.32. The van der Waals surface area contributed by atoms with Crippen LogP contribution < -0.4 is 5.32 Å². The maximum absolute atomic E-state index is 12.9. The lowest BCUT2D eigenvalue weighted by atomic mass is 10.1. The minimum absolute atomic E-state index is 0.0227. The van der Waals surface area contributed by atoms with E-state index in [9.17, 15) is 14.3 Å². The maximum atomic E-state index is 12.9. The van der Waals surface area contributed by atoms with E-state index in [0.717, 1.165) is 36.7 Å². The quantitative estimate of drug-likeness (QED) is 0.627. The van der Waals surface area contributed by atoms with Crippen LogP contribution in [0.2, 0.25) is 0 Å². The molecule has 1 aromatic rings. The molecular weight excluding hydrogens is 289 g/mol. The number of halogens is 2. The van der Waals surface area contributed by atoms with E-state index in [-0.39, 0.29) is 11.3 Å². The van der Waals surface area contributed by atoms with Gasteiger partial charge in [0, 0.05) is 11.9 Å². The molecule has 0 aliphatic carbocycles. The van der Waals surface area contributed by atoms with Gasteiger partial charge >= 0.3 is 0 Å². The van der Waals surface area contributed by atoms with Gasteiger partial charge < -0.3 is 10.4 Å². The highest BCUT2D eigenvalue weighted by molar-refractivity contribution is 9.09. The van der Waals surface area contributed by atoms with Crippen molar-refractivity contribution in [3.63, 3.8) is 0 Å². The number of hydrogen-bond donors (Lipinski definition) is 2. The van der Waals surface area contributed by atoms with Gasteiger partial charge in [-0.05, 0) is 31.0 Å². The normalized spacial score (nSPS) is 10.2. The van der Waals surface area contributed by atoms with Gasteiger partial charge in [0.05, 0.1) is 5.56 Å². The molecule has 0 saturated carbocycles. The predicted molar refractivity (Wildman–Crippen MR) is 68.0 cm³/mol. The number of benzene rings is 1. The Bertz CT molecular complexity index is 385. The predicted octanol–water partition coefficient (Wildman–Crippen LogP) is 2.83. The summed E-state index contributed by atoms with van der Waals surface area (Å²) in [7, 11) is 0. The average molecular weight is 304 g/mol. The van der Waals surface area contributed by atoms with Crippen molar-refractivity contribution in [2.24, 2.45) is 0 Å². The second-order valence-electron chi connectivity index (χ2n) is 3.67. The molecule has 1 rings (SSSR count). The summed E-state index contributed by atoms with van der Waals surface area (Å²) in [6, 6.07) is 3.32. The number of phenolic OH excluding ortho intramolecular Hbond substituents is 1. The second kappa shape index (κ2) is 7.27. The third-order valence-electron chi connectivity index (χ3n) is 2.30. The van der Waals surface area contributed by atoms with Crippen LogP contribution in [0.1, 0.15) is 29.6 Å². The lowest BCUT2D eigenvalue weighted by Crippen LogP contribution is -2.24. The number of rotatable bonds is 6. The summed E-state index contributed by atoms with van der Waals surface area (Å²) < 4.78 is 12.9. The molecule has 5 heteroatoms. The molecule has 0 spiro atoms. The van der Waals surface area contributed by atoms with Gasteiger partial charge in [0.15, 0.2) is 0 Å². The topological polar surface area (TPSA) is 49.3 Å². The monoisotopic (exact) mass is 303 g/mol. The third kappa shape index (κ3) is 4.73. The molecule has 0 bridgehead atoms. The van der Waals surface area contributed by atoms with Gasteiger partial charge in [-0.3, -0.25) is 4.79 Å². The van der Waals surface area contributed by atoms with Crippen LogP contribution in [0, 0.1) is 5.82 Å². The zero-order valence-corrected chi connectivity index (χ0v) is 11.0. The van der Waals surface area contributed by atoms with E-state index < -0.39 is 11.7 Å². The molecular formula is C12H15BrFNO2. The Balaban J connectivity index is 2.44. The Morgan fingerprint density at radius 3 is 2.82 bits per heavy atom. The van der Waals surface area contributed by atoms with Crippen molar-refractivity contribution in [2.75, 3.05) is 11.9 Å². The van der Waals surface area contributed by atoms with E-state index in [1.165, 1.54) is 6.07 Å². The van der Waals surface area contributed by atoms with Crippen LogP contribution >= 0.6 is 15.9 Å². The molecule has 1 amide bonds. The third-order valence-corrected chi connectivity index (χ3v) is 2.86. The molecule has 0 saturated heterocycles. The van der Waals surface area contributed by atoms with Crippen LogP contribution in [0.25, 0.3) is 0 Å². The summed E-state index contributed by atoms with van der Waals surface area (Å²) in [5.41, 5.74) is -0.0227. The zero-order chi connectivity index (χ0) is 12.7. The average Bonchev–Trinajstić information content (AvgIpc) is 2.32. The standard InChI is InChI=1S/C12H15BrFNO2/c13-6-2-1-3-7-15-12(17)10-8-9(14)4-5-11(10)16/h4-5,8,16H,1-3,6-7H2,(H,15,17). The fourth-order valence-corrected chi connectivity index (χ4v) is 1.78. The molecule has 0 unspecified atom stereocenters. The molecule has 1 aromatic carbocycles. The highest BCUT2D eigenvalue weighted by Crippen LogP contribution is 2.17. The number of carbonyl (C=O) groups excluding carboxylic acids is 1. The molecule has 0 atom stereocenters. The lowest BCUT2D eigenvalue weighted by molar-refractivity contribution is 0.0950. The summed E-state index contributed by atoms with van der Waals surface area (Å²) in [4.78, 5) is 11.6. The fourth-order valence-electron chi connectivity index (χ4n) is 1.38. The van der Waals surface area contributed by atoms with E-state index in [4.69, 9.17) is 0 Å². The first kappa shape index (κ1) is 14.0. The molecule has 2 N–H and O–H groups in total. The Morgan fingerprint density at radius 1 is 1.35 bits per heavy atom. The van der Waals surface area contributed by atoms with Crippen LogP contribution in [0.4, 0.5) is 4.39 Å². The molecule has 17 heavy (non-hydrogen) atoms. The largest absolute Gasteiger partial charge is 0.507 e. The summed E-state index contributed by atoms with van der Waals surface area (Å²) in [6.07, 6.45) is 2.94. The van der Waals surface area contributed by atoms with Gasteiger partial charge in [-0.2, -0.15) is 0 Å². The Labute approximate surface area is 108 Å². The van der Waals surface area contributed by atoms with Gasteiger partial charge in [-0.15, -0.1) is 0 Å². The maximum Gasteiger partial charge on any atom is 0.255 e. The minimum atomic E-state index is -0.535. The second-order valence-corrected chi connectivity index (χ2v) is 4.46. The molecule has 0 aromatic heterocycles. The number of aromatic hydroxyl groups is 1. The molecule has 94 valence electrons. The van der Waals surface area contributed by atoms with Crippen LogP contribution in [0.3, 0.4) is 0 Å². The molecule has 0 radical (unpaired) electrons. The lowest BCUT2D eigenvalue weighted by Gasteiger charge is -2.06. The van der Waals surface area contributed by atoms with E-state index in [0.29, 0.717) is 6.54 Å². The summed E-state index contributed by atoms with van der Waals surface area (Å²) in [5, 5.41) is 13.0. The summed E-state index contributed by atoms with van der Waals surface area (Å²) in [6.45, 7) is 0.530. The number of hydrogen-bond acceptors (Lipinski definition) is 2. The first-order valence-electron chi connectivity index (χ1n) is 5.48. The number of carbonyl (C=O) groups is 1. The van der Waals surface area contributed by atoms with Gasteiger partial charge in [0.2, 0.25) is 0 Å². The van der Waals surface area contributed by atoms with Gasteiger partial charge in [0.1, 0.15) is 11.6 Å². The van der Waals surface area contributed by atoms with Crippen molar-refractivity contribution >= 4 is 21.8 Å².